The van der Waals surface area contributed by atoms with E-state index in [2.05, 4.69) is 4.98 Å². The SMILES string of the molecule is Cc1ccc(C)c(C(=O)COC(=O)c2c[nH]c3ccccc23)c1. The standard InChI is InChI=1S/C19H17NO3/c1-12-7-8-13(2)15(9-12)18(21)11-23-19(22)16-10-20-17-6-4-3-5-14(16)17/h3-10,20H,11H2,1-2H3. The molecule has 0 amide bonds. The van der Waals surface area contributed by atoms with Gasteiger partial charge in [0, 0.05) is 22.7 Å². The van der Waals surface area contributed by atoms with Gasteiger partial charge in [0.2, 0.25) is 5.78 Å². The second-order valence-corrected chi connectivity index (χ2v) is 5.57. The Labute approximate surface area is 134 Å². The summed E-state index contributed by atoms with van der Waals surface area (Å²) in [5.74, 6) is -0.694. The van der Waals surface area contributed by atoms with Crippen molar-refractivity contribution in [2.45, 2.75) is 13.8 Å². The van der Waals surface area contributed by atoms with Crippen LogP contribution in [0.2, 0.25) is 0 Å². The Bertz CT molecular complexity index is 893. The van der Waals surface area contributed by atoms with Crippen molar-refractivity contribution in [3.05, 3.63) is 70.9 Å². The minimum Gasteiger partial charge on any atom is -0.454 e. The summed E-state index contributed by atoms with van der Waals surface area (Å²) < 4.78 is 5.20. The predicted octanol–water partition coefficient (Wildman–Crippen LogP) is 3.82. The van der Waals surface area contributed by atoms with Gasteiger partial charge in [-0.15, -0.1) is 0 Å². The van der Waals surface area contributed by atoms with Crippen molar-refractivity contribution in [3.63, 3.8) is 0 Å². The first-order valence-electron chi connectivity index (χ1n) is 7.40. The molecule has 1 N–H and O–H groups in total. The molecular weight excluding hydrogens is 290 g/mol. The van der Waals surface area contributed by atoms with Crippen LogP contribution in [0.25, 0.3) is 10.9 Å². The smallest absolute Gasteiger partial charge is 0.340 e. The molecule has 0 aliphatic rings. The van der Waals surface area contributed by atoms with E-state index >= 15 is 0 Å². The number of aromatic nitrogens is 1. The topological polar surface area (TPSA) is 59.2 Å². The number of hydrogen-bond donors (Lipinski definition) is 1. The highest BCUT2D eigenvalue weighted by atomic mass is 16.5. The van der Waals surface area contributed by atoms with Gasteiger partial charge in [-0.25, -0.2) is 4.79 Å². The van der Waals surface area contributed by atoms with Gasteiger partial charge < -0.3 is 9.72 Å². The number of hydrogen-bond acceptors (Lipinski definition) is 3. The number of para-hydroxylation sites is 1. The Morgan fingerprint density at radius 1 is 1.04 bits per heavy atom. The maximum Gasteiger partial charge on any atom is 0.340 e. The maximum atomic E-state index is 12.3. The molecule has 0 fully saturated rings. The molecule has 4 heteroatoms. The average molecular weight is 307 g/mol. The first-order chi connectivity index (χ1) is 11.1. The Balaban J connectivity index is 1.74. The van der Waals surface area contributed by atoms with Gasteiger partial charge >= 0.3 is 5.97 Å². The van der Waals surface area contributed by atoms with Gasteiger partial charge in [0.25, 0.3) is 0 Å². The largest absolute Gasteiger partial charge is 0.454 e. The fourth-order valence-electron chi connectivity index (χ4n) is 2.56. The first kappa shape index (κ1) is 15.0. The predicted molar refractivity (Wildman–Crippen MR) is 88.8 cm³/mol. The second kappa shape index (κ2) is 6.08. The van der Waals surface area contributed by atoms with Crippen molar-refractivity contribution in [1.82, 2.24) is 4.98 Å². The van der Waals surface area contributed by atoms with Gasteiger partial charge in [-0.1, -0.05) is 35.9 Å². The van der Waals surface area contributed by atoms with Crippen molar-refractivity contribution >= 4 is 22.7 Å². The Morgan fingerprint density at radius 3 is 2.65 bits per heavy atom. The number of aromatic amines is 1. The molecule has 0 saturated heterocycles. The molecule has 1 aromatic heterocycles. The number of nitrogens with one attached hydrogen (secondary N) is 1. The van der Waals surface area contributed by atoms with E-state index in [9.17, 15) is 9.59 Å². The molecule has 0 bridgehead atoms. The number of carbonyl (C=O) groups is 2. The summed E-state index contributed by atoms with van der Waals surface area (Å²) in [4.78, 5) is 27.5. The molecule has 0 unspecified atom stereocenters. The number of rotatable bonds is 4. The van der Waals surface area contributed by atoms with Crippen LogP contribution < -0.4 is 0 Å². The van der Waals surface area contributed by atoms with E-state index in [4.69, 9.17) is 4.74 Å². The zero-order valence-electron chi connectivity index (χ0n) is 13.1. The lowest BCUT2D eigenvalue weighted by atomic mass is 10.0. The number of fused-ring (bicyclic) bond motifs is 1. The van der Waals surface area contributed by atoms with Crippen molar-refractivity contribution in [1.29, 1.82) is 0 Å². The molecule has 0 saturated carbocycles. The number of ketones is 1. The zero-order valence-corrected chi connectivity index (χ0v) is 13.1. The summed E-state index contributed by atoms with van der Waals surface area (Å²) in [6.07, 6.45) is 1.61. The van der Waals surface area contributed by atoms with E-state index in [1.54, 1.807) is 6.20 Å². The number of H-pyrrole nitrogens is 1. The molecule has 1 heterocycles. The Morgan fingerprint density at radius 2 is 1.83 bits per heavy atom. The lowest BCUT2D eigenvalue weighted by Crippen LogP contribution is -2.15. The monoisotopic (exact) mass is 307 g/mol. The van der Waals surface area contributed by atoms with Crippen LogP contribution >= 0.6 is 0 Å². The summed E-state index contributed by atoms with van der Waals surface area (Å²) in [5, 5.41) is 0.789. The van der Waals surface area contributed by atoms with Gasteiger partial charge in [0.05, 0.1) is 5.56 Å². The van der Waals surface area contributed by atoms with Crippen LogP contribution in [0, 0.1) is 13.8 Å². The number of benzene rings is 2. The van der Waals surface area contributed by atoms with Gasteiger partial charge in [0.15, 0.2) is 6.61 Å². The fraction of sp³-hybridized carbons (Fsp3) is 0.158. The third-order valence-electron chi connectivity index (χ3n) is 3.84. The molecule has 0 aliphatic heterocycles. The quantitative estimate of drug-likeness (QED) is 0.589. The first-order valence-corrected chi connectivity index (χ1v) is 7.40. The minimum absolute atomic E-state index is 0.195. The van der Waals surface area contributed by atoms with E-state index in [0.29, 0.717) is 11.1 Å². The van der Waals surface area contributed by atoms with E-state index in [0.717, 1.165) is 22.0 Å². The molecule has 116 valence electrons. The molecule has 3 rings (SSSR count). The summed E-state index contributed by atoms with van der Waals surface area (Å²) >= 11 is 0. The Hall–Kier alpha value is -2.88. The molecule has 0 spiro atoms. The van der Waals surface area contributed by atoms with Gasteiger partial charge in [0.1, 0.15) is 0 Å². The molecule has 0 radical (unpaired) electrons. The average Bonchev–Trinajstić information content (AvgIpc) is 2.98. The molecule has 23 heavy (non-hydrogen) atoms. The normalized spacial score (nSPS) is 10.7. The lowest BCUT2D eigenvalue weighted by molar-refractivity contribution is 0.0476. The minimum atomic E-state index is -0.499. The Kier molecular flexibility index (Phi) is 3.98. The highest BCUT2D eigenvalue weighted by molar-refractivity contribution is 6.05. The van der Waals surface area contributed by atoms with Crippen molar-refractivity contribution in [2.75, 3.05) is 6.61 Å². The third-order valence-corrected chi connectivity index (χ3v) is 3.84. The molecule has 0 atom stereocenters. The fourth-order valence-corrected chi connectivity index (χ4v) is 2.56. The third kappa shape index (κ3) is 3.01. The number of ether oxygens (including phenoxy) is 1. The zero-order chi connectivity index (χ0) is 16.4. The molecule has 3 aromatic rings. The van der Waals surface area contributed by atoms with Crippen LogP contribution in [0.5, 0.6) is 0 Å². The molecule has 4 nitrogen and oxygen atoms in total. The lowest BCUT2D eigenvalue weighted by Gasteiger charge is -2.07. The summed E-state index contributed by atoms with van der Waals surface area (Å²) in [5.41, 5.74) is 3.78. The van der Waals surface area contributed by atoms with Crippen molar-refractivity contribution in [3.8, 4) is 0 Å². The van der Waals surface area contributed by atoms with Gasteiger partial charge in [-0.3, -0.25) is 4.79 Å². The van der Waals surface area contributed by atoms with Crippen LogP contribution in [-0.2, 0) is 4.74 Å². The number of esters is 1. The van der Waals surface area contributed by atoms with Gasteiger partial charge in [-0.2, -0.15) is 0 Å². The maximum absolute atomic E-state index is 12.3. The summed E-state index contributed by atoms with van der Waals surface area (Å²) in [6.45, 7) is 3.53. The van der Waals surface area contributed by atoms with Crippen LogP contribution in [0.1, 0.15) is 31.8 Å². The molecule has 2 aromatic carbocycles. The van der Waals surface area contributed by atoms with E-state index < -0.39 is 5.97 Å². The highest BCUT2D eigenvalue weighted by Gasteiger charge is 2.16. The van der Waals surface area contributed by atoms with Crippen LogP contribution in [0.4, 0.5) is 0 Å². The van der Waals surface area contributed by atoms with Crippen molar-refractivity contribution < 1.29 is 14.3 Å². The van der Waals surface area contributed by atoms with Crippen LogP contribution in [-0.4, -0.2) is 23.3 Å². The number of Topliss-reactive ketones (excluding diaryl/α,β-unsaturated/α-hetero) is 1. The highest BCUT2D eigenvalue weighted by Crippen LogP contribution is 2.19. The molecular formula is C19H17NO3. The van der Waals surface area contributed by atoms with E-state index in [-0.39, 0.29) is 12.4 Å². The number of carbonyl (C=O) groups excluding carboxylic acids is 2. The van der Waals surface area contributed by atoms with Crippen LogP contribution in [0.3, 0.4) is 0 Å². The van der Waals surface area contributed by atoms with E-state index in [1.165, 1.54) is 0 Å². The van der Waals surface area contributed by atoms with E-state index in [1.807, 2.05) is 56.3 Å². The second-order valence-electron chi connectivity index (χ2n) is 5.57. The number of aryl methyl sites for hydroxylation is 2. The summed E-state index contributed by atoms with van der Waals surface area (Å²) in [6, 6.07) is 13.1. The van der Waals surface area contributed by atoms with Crippen molar-refractivity contribution in [2.24, 2.45) is 0 Å². The summed E-state index contributed by atoms with van der Waals surface area (Å²) in [7, 11) is 0. The van der Waals surface area contributed by atoms with Crippen LogP contribution in [0.15, 0.2) is 48.7 Å². The molecule has 0 aliphatic carbocycles. The van der Waals surface area contributed by atoms with Gasteiger partial charge in [-0.05, 0) is 31.5 Å².